The summed E-state index contributed by atoms with van der Waals surface area (Å²) in [7, 11) is 0. The van der Waals surface area contributed by atoms with Gasteiger partial charge < -0.3 is 9.64 Å². The topological polar surface area (TPSA) is 32.8 Å². The first kappa shape index (κ1) is 13.5. The van der Waals surface area contributed by atoms with E-state index in [4.69, 9.17) is 4.74 Å². The van der Waals surface area contributed by atoms with Gasteiger partial charge in [0.2, 0.25) is 0 Å². The Morgan fingerprint density at radius 1 is 1.09 bits per heavy atom. The molecule has 2 aliphatic heterocycles. The Labute approximate surface area is 130 Å². The van der Waals surface area contributed by atoms with E-state index in [1.54, 1.807) is 0 Å². The quantitative estimate of drug-likeness (QED) is 0.811. The van der Waals surface area contributed by atoms with Crippen LogP contribution in [-0.2, 0) is 10.3 Å². The maximum absolute atomic E-state index is 12.8. The number of carbonyl (C=O) groups excluding carboxylic acids is 1. The molecule has 2 aromatic rings. The predicted octanol–water partition coefficient (Wildman–Crippen LogP) is 3.52. The van der Waals surface area contributed by atoms with E-state index in [0.717, 1.165) is 16.7 Å². The molecular weight excluding hydrogens is 274 g/mol. The van der Waals surface area contributed by atoms with Crippen LogP contribution in [-0.4, -0.2) is 23.5 Å². The fourth-order valence-electron chi connectivity index (χ4n) is 3.63. The van der Waals surface area contributed by atoms with Crippen LogP contribution in [0.3, 0.4) is 0 Å². The average Bonchev–Trinajstić information content (AvgIpc) is 3.28. The first-order valence-corrected chi connectivity index (χ1v) is 7.76. The Morgan fingerprint density at radius 2 is 1.73 bits per heavy atom. The monoisotopic (exact) mass is 293 g/mol. The van der Waals surface area contributed by atoms with E-state index >= 15 is 0 Å². The van der Waals surface area contributed by atoms with Crippen LogP contribution in [0.1, 0.15) is 41.4 Å². The summed E-state index contributed by atoms with van der Waals surface area (Å²) in [5, 5.41) is 0. The summed E-state index contributed by atoms with van der Waals surface area (Å²) < 4.78 is 5.96. The smallest absolute Gasteiger partial charge is 0.255 e. The van der Waals surface area contributed by atoms with Crippen molar-refractivity contribution in [3.05, 3.63) is 71.3 Å². The number of ether oxygens (including phenoxy) is 1. The van der Waals surface area contributed by atoms with Crippen molar-refractivity contribution in [1.29, 1.82) is 0 Å². The summed E-state index contributed by atoms with van der Waals surface area (Å²) in [6.07, 6.45) is 0. The van der Waals surface area contributed by atoms with Gasteiger partial charge in [-0.25, -0.2) is 0 Å². The lowest BCUT2D eigenvalue weighted by Crippen LogP contribution is -2.40. The normalized spacial score (nSPS) is 26.4. The van der Waals surface area contributed by atoms with E-state index < -0.39 is 5.60 Å². The van der Waals surface area contributed by atoms with Crippen LogP contribution in [0.4, 0.5) is 0 Å². The molecule has 3 heteroatoms. The first-order valence-electron chi connectivity index (χ1n) is 7.76. The number of carbonyl (C=O) groups is 1. The van der Waals surface area contributed by atoms with Crippen molar-refractivity contribution in [3.8, 4) is 0 Å². The maximum Gasteiger partial charge on any atom is 0.255 e. The highest BCUT2D eigenvalue weighted by atomic mass is 16.6. The summed E-state index contributed by atoms with van der Waals surface area (Å²) in [6, 6.07) is 18.3. The van der Waals surface area contributed by atoms with Crippen molar-refractivity contribution in [1.82, 2.24) is 4.90 Å². The lowest BCUT2D eigenvalue weighted by Gasteiger charge is -2.33. The Morgan fingerprint density at radius 3 is 2.36 bits per heavy atom. The molecule has 2 atom stereocenters. The third-order valence-electron chi connectivity index (χ3n) is 4.71. The summed E-state index contributed by atoms with van der Waals surface area (Å²) in [6.45, 7) is 4.79. The molecular formula is C19H19NO2. The van der Waals surface area contributed by atoms with Crippen LogP contribution < -0.4 is 0 Å². The van der Waals surface area contributed by atoms with E-state index in [9.17, 15) is 4.79 Å². The molecule has 0 spiro atoms. The molecule has 4 rings (SSSR count). The second-order valence-corrected chi connectivity index (χ2v) is 6.34. The maximum atomic E-state index is 12.8. The third kappa shape index (κ3) is 1.75. The molecule has 0 N–H and O–H groups in total. The van der Waals surface area contributed by atoms with Gasteiger partial charge in [0.15, 0.2) is 0 Å². The molecule has 0 bridgehead atoms. The fourth-order valence-corrected chi connectivity index (χ4v) is 3.63. The highest BCUT2D eigenvalue weighted by Gasteiger charge is 2.60. The van der Waals surface area contributed by atoms with Gasteiger partial charge in [0.1, 0.15) is 5.60 Å². The van der Waals surface area contributed by atoms with Crippen molar-refractivity contribution in [2.45, 2.75) is 31.5 Å². The summed E-state index contributed by atoms with van der Waals surface area (Å²) in [5.41, 5.74) is 2.65. The molecule has 1 saturated heterocycles. The second-order valence-electron chi connectivity index (χ2n) is 6.34. The zero-order valence-electron chi connectivity index (χ0n) is 12.8. The standard InChI is InChI=1S/C19H19NO2/c1-13(2)20-17(15-10-6-7-11-16(15)18(20)21)19(12-22-19)14-8-4-3-5-9-14/h3-11,13,17H,12H2,1-2H3/t17-,19-/m1/s1. The second kappa shape index (κ2) is 4.68. The zero-order valence-corrected chi connectivity index (χ0v) is 12.8. The van der Waals surface area contributed by atoms with Crippen LogP contribution in [0.15, 0.2) is 54.6 Å². The molecule has 2 aliphatic rings. The van der Waals surface area contributed by atoms with Crippen LogP contribution in [0.2, 0.25) is 0 Å². The molecule has 22 heavy (non-hydrogen) atoms. The van der Waals surface area contributed by atoms with Gasteiger partial charge in [-0.15, -0.1) is 0 Å². The van der Waals surface area contributed by atoms with Gasteiger partial charge in [-0.1, -0.05) is 48.5 Å². The van der Waals surface area contributed by atoms with E-state index in [1.807, 2.05) is 41.3 Å². The van der Waals surface area contributed by atoms with Crippen molar-refractivity contribution in [2.24, 2.45) is 0 Å². The number of nitrogens with zero attached hydrogens (tertiary/aromatic N) is 1. The van der Waals surface area contributed by atoms with Crippen LogP contribution in [0, 0.1) is 0 Å². The number of hydrogen-bond donors (Lipinski definition) is 0. The number of fused-ring (bicyclic) bond motifs is 1. The molecule has 0 radical (unpaired) electrons. The molecule has 1 amide bonds. The predicted molar refractivity (Wildman–Crippen MR) is 84.6 cm³/mol. The number of rotatable bonds is 3. The molecule has 3 nitrogen and oxygen atoms in total. The molecule has 2 heterocycles. The highest BCUT2D eigenvalue weighted by molar-refractivity contribution is 5.99. The molecule has 112 valence electrons. The van der Waals surface area contributed by atoms with Gasteiger partial charge in [0.05, 0.1) is 12.6 Å². The van der Waals surface area contributed by atoms with Gasteiger partial charge >= 0.3 is 0 Å². The molecule has 0 aliphatic carbocycles. The number of hydrogen-bond acceptors (Lipinski definition) is 2. The Kier molecular flexibility index (Phi) is 2.88. The van der Waals surface area contributed by atoms with E-state index in [1.165, 1.54) is 0 Å². The van der Waals surface area contributed by atoms with Gasteiger partial charge in [-0.05, 0) is 31.0 Å². The molecule has 0 unspecified atom stereocenters. The van der Waals surface area contributed by atoms with Crippen molar-refractivity contribution >= 4 is 5.91 Å². The van der Waals surface area contributed by atoms with E-state index in [0.29, 0.717) is 6.61 Å². The lowest BCUT2D eigenvalue weighted by atomic mass is 9.87. The minimum absolute atomic E-state index is 0.0430. The van der Waals surface area contributed by atoms with Crippen LogP contribution in [0.5, 0.6) is 0 Å². The molecule has 1 fully saturated rings. The minimum Gasteiger partial charge on any atom is -0.362 e. The first-order chi connectivity index (χ1) is 10.6. The molecule has 0 aromatic heterocycles. The summed E-state index contributed by atoms with van der Waals surface area (Å²) in [5.74, 6) is 0.112. The van der Waals surface area contributed by atoms with E-state index in [2.05, 4.69) is 32.0 Å². The van der Waals surface area contributed by atoms with Gasteiger partial charge in [0, 0.05) is 11.6 Å². The van der Waals surface area contributed by atoms with Gasteiger partial charge in [-0.2, -0.15) is 0 Å². The average molecular weight is 293 g/mol. The van der Waals surface area contributed by atoms with Gasteiger partial charge in [-0.3, -0.25) is 4.79 Å². The van der Waals surface area contributed by atoms with Gasteiger partial charge in [0.25, 0.3) is 5.91 Å². The highest BCUT2D eigenvalue weighted by Crippen LogP contribution is 2.55. The molecule has 2 aromatic carbocycles. The van der Waals surface area contributed by atoms with Crippen molar-refractivity contribution in [3.63, 3.8) is 0 Å². The minimum atomic E-state index is -0.395. The van der Waals surface area contributed by atoms with Crippen LogP contribution in [0.25, 0.3) is 0 Å². The Balaban J connectivity index is 1.87. The molecule has 0 saturated carbocycles. The Hall–Kier alpha value is -2.13. The number of amides is 1. The lowest BCUT2D eigenvalue weighted by molar-refractivity contribution is 0.0525. The largest absolute Gasteiger partial charge is 0.362 e. The summed E-state index contributed by atoms with van der Waals surface area (Å²) >= 11 is 0. The van der Waals surface area contributed by atoms with Crippen molar-refractivity contribution in [2.75, 3.05) is 6.61 Å². The SMILES string of the molecule is CC(C)N1C(=O)c2ccccc2[C@@H]1[C@]1(c2ccccc2)CO1. The van der Waals surface area contributed by atoms with Crippen LogP contribution >= 0.6 is 0 Å². The number of epoxide rings is 1. The summed E-state index contributed by atoms with van der Waals surface area (Å²) in [4.78, 5) is 14.8. The fraction of sp³-hybridized carbons (Fsp3) is 0.316. The zero-order chi connectivity index (χ0) is 15.3. The Bertz CT molecular complexity index is 719. The third-order valence-corrected chi connectivity index (χ3v) is 4.71. The van der Waals surface area contributed by atoms with E-state index in [-0.39, 0.29) is 18.0 Å². The number of benzene rings is 2. The van der Waals surface area contributed by atoms with Crippen molar-refractivity contribution < 1.29 is 9.53 Å².